The molecule has 6 heteroatoms. The van der Waals surface area contributed by atoms with Crippen LogP contribution in [-0.2, 0) is 0 Å². The van der Waals surface area contributed by atoms with E-state index < -0.39 is 0 Å². The number of hydrogen-bond acceptors (Lipinski definition) is 5. The molecule has 24 heavy (non-hydrogen) atoms. The first-order chi connectivity index (χ1) is 11.9. The second-order valence-electron chi connectivity index (χ2n) is 5.85. The van der Waals surface area contributed by atoms with E-state index >= 15 is 0 Å². The van der Waals surface area contributed by atoms with Crippen molar-refractivity contribution in [3.63, 3.8) is 0 Å². The fraction of sp³-hybridized carbons (Fsp3) is 0.278. The van der Waals surface area contributed by atoms with Crippen LogP contribution in [0.1, 0.15) is 24.4 Å². The Morgan fingerprint density at radius 1 is 1.04 bits per heavy atom. The van der Waals surface area contributed by atoms with E-state index in [0.717, 1.165) is 36.8 Å². The van der Waals surface area contributed by atoms with E-state index in [-0.39, 0.29) is 6.04 Å². The highest BCUT2D eigenvalue weighted by Crippen LogP contribution is 2.36. The van der Waals surface area contributed by atoms with E-state index in [1.165, 1.54) is 5.56 Å². The summed E-state index contributed by atoms with van der Waals surface area (Å²) < 4.78 is 7.07. The lowest BCUT2D eigenvalue weighted by molar-refractivity contribution is 0.414. The van der Waals surface area contributed by atoms with Gasteiger partial charge in [-0.3, -0.25) is 0 Å². The molecule has 0 saturated carbocycles. The van der Waals surface area contributed by atoms with Crippen LogP contribution in [0.4, 0.5) is 5.95 Å². The highest BCUT2D eigenvalue weighted by Gasteiger charge is 2.30. The molecule has 122 valence electrons. The monoisotopic (exact) mass is 321 g/mol. The number of rotatable bonds is 4. The number of hydrogen-bond donors (Lipinski definition) is 0. The standard InChI is InChI=1S/C18H19N5O/c1-24-16-11-9-14(10-12-16)17-8-5-13-22(17)18-19-20-21-23(18)15-6-3-2-4-7-15/h2-4,6-7,9-12,17H,5,8,13H2,1H3/t17-/m0/s1. The number of methoxy groups -OCH3 is 1. The summed E-state index contributed by atoms with van der Waals surface area (Å²) >= 11 is 0. The topological polar surface area (TPSA) is 56.1 Å². The first-order valence-corrected chi connectivity index (χ1v) is 8.11. The molecule has 2 aromatic carbocycles. The van der Waals surface area contributed by atoms with Gasteiger partial charge in [0.1, 0.15) is 5.75 Å². The van der Waals surface area contributed by atoms with Crippen molar-refractivity contribution in [1.29, 1.82) is 0 Å². The minimum atomic E-state index is 0.282. The zero-order chi connectivity index (χ0) is 16.4. The van der Waals surface area contributed by atoms with Crippen molar-refractivity contribution >= 4 is 5.95 Å². The first-order valence-electron chi connectivity index (χ1n) is 8.11. The summed E-state index contributed by atoms with van der Waals surface area (Å²) in [6, 6.07) is 18.5. The molecule has 3 aromatic rings. The van der Waals surface area contributed by atoms with E-state index in [1.807, 2.05) is 47.1 Å². The van der Waals surface area contributed by atoms with Crippen LogP contribution in [0.15, 0.2) is 54.6 Å². The molecule has 2 heterocycles. The molecule has 0 spiro atoms. The maximum atomic E-state index is 5.26. The molecular formula is C18H19N5O. The SMILES string of the molecule is COc1ccc([C@@H]2CCCN2c2nnnn2-c2ccccc2)cc1. The Labute approximate surface area is 140 Å². The minimum Gasteiger partial charge on any atom is -0.497 e. The molecule has 0 amide bonds. The Hall–Kier alpha value is -2.89. The Kier molecular flexibility index (Phi) is 3.86. The Bertz CT molecular complexity index is 800. The van der Waals surface area contributed by atoms with Crippen molar-refractivity contribution in [3.8, 4) is 11.4 Å². The summed E-state index contributed by atoms with van der Waals surface area (Å²) in [7, 11) is 1.69. The molecule has 0 radical (unpaired) electrons. The van der Waals surface area contributed by atoms with Crippen molar-refractivity contribution in [3.05, 3.63) is 60.2 Å². The predicted molar refractivity (Wildman–Crippen MR) is 91.5 cm³/mol. The highest BCUT2D eigenvalue weighted by molar-refractivity contribution is 5.45. The molecule has 0 unspecified atom stereocenters. The van der Waals surface area contributed by atoms with Gasteiger partial charge in [0.2, 0.25) is 0 Å². The summed E-state index contributed by atoms with van der Waals surface area (Å²) in [5.74, 6) is 1.66. The van der Waals surface area contributed by atoms with Crippen LogP contribution < -0.4 is 9.64 Å². The van der Waals surface area contributed by atoms with E-state index in [9.17, 15) is 0 Å². The van der Waals surface area contributed by atoms with E-state index in [2.05, 4.69) is 32.6 Å². The van der Waals surface area contributed by atoms with Crippen LogP contribution in [0.2, 0.25) is 0 Å². The van der Waals surface area contributed by atoms with Crippen LogP contribution in [0.3, 0.4) is 0 Å². The van der Waals surface area contributed by atoms with Crippen molar-refractivity contribution in [2.24, 2.45) is 0 Å². The van der Waals surface area contributed by atoms with E-state index in [0.29, 0.717) is 0 Å². The van der Waals surface area contributed by atoms with Gasteiger partial charge in [0.05, 0.1) is 18.8 Å². The van der Waals surface area contributed by atoms with Crippen molar-refractivity contribution in [2.75, 3.05) is 18.6 Å². The fourth-order valence-corrected chi connectivity index (χ4v) is 3.28. The maximum Gasteiger partial charge on any atom is 0.250 e. The summed E-state index contributed by atoms with van der Waals surface area (Å²) in [6.07, 6.45) is 2.21. The Morgan fingerprint density at radius 2 is 1.83 bits per heavy atom. The zero-order valence-corrected chi connectivity index (χ0v) is 13.5. The number of anilines is 1. The van der Waals surface area contributed by atoms with Crippen molar-refractivity contribution in [2.45, 2.75) is 18.9 Å². The van der Waals surface area contributed by atoms with Gasteiger partial charge in [-0.25, -0.2) is 0 Å². The van der Waals surface area contributed by atoms with Gasteiger partial charge in [-0.15, -0.1) is 0 Å². The Balaban J connectivity index is 1.67. The third-order valence-electron chi connectivity index (χ3n) is 4.46. The second-order valence-corrected chi connectivity index (χ2v) is 5.85. The zero-order valence-electron chi connectivity index (χ0n) is 13.5. The molecule has 1 atom stereocenters. The summed E-state index contributed by atoms with van der Waals surface area (Å²) in [5, 5.41) is 12.4. The van der Waals surface area contributed by atoms with E-state index in [4.69, 9.17) is 4.74 Å². The second kappa shape index (κ2) is 6.31. The lowest BCUT2D eigenvalue weighted by Crippen LogP contribution is -2.26. The Morgan fingerprint density at radius 3 is 2.58 bits per heavy atom. The highest BCUT2D eigenvalue weighted by atomic mass is 16.5. The average molecular weight is 321 g/mol. The third-order valence-corrected chi connectivity index (χ3v) is 4.46. The van der Waals surface area contributed by atoms with Crippen LogP contribution in [0.5, 0.6) is 5.75 Å². The number of ether oxygens (including phenoxy) is 1. The van der Waals surface area contributed by atoms with Crippen LogP contribution in [0.25, 0.3) is 5.69 Å². The van der Waals surface area contributed by atoms with Gasteiger partial charge in [-0.1, -0.05) is 35.4 Å². The van der Waals surface area contributed by atoms with Gasteiger partial charge >= 0.3 is 0 Å². The van der Waals surface area contributed by atoms with Crippen LogP contribution >= 0.6 is 0 Å². The molecule has 1 saturated heterocycles. The normalized spacial score (nSPS) is 17.2. The third kappa shape index (κ3) is 2.60. The summed E-state index contributed by atoms with van der Waals surface area (Å²) in [4.78, 5) is 2.29. The van der Waals surface area contributed by atoms with Gasteiger partial charge in [-0.2, -0.15) is 4.68 Å². The van der Waals surface area contributed by atoms with Crippen LogP contribution in [-0.4, -0.2) is 33.9 Å². The lowest BCUT2D eigenvalue weighted by Gasteiger charge is -2.25. The van der Waals surface area contributed by atoms with Gasteiger partial charge in [-0.05, 0) is 53.1 Å². The largest absolute Gasteiger partial charge is 0.497 e. The average Bonchev–Trinajstić information content (AvgIpc) is 3.31. The molecule has 6 nitrogen and oxygen atoms in total. The summed E-state index contributed by atoms with van der Waals surface area (Å²) in [5.41, 5.74) is 2.23. The van der Waals surface area contributed by atoms with Gasteiger partial charge in [0.25, 0.3) is 5.95 Å². The van der Waals surface area contributed by atoms with Gasteiger partial charge in [0.15, 0.2) is 0 Å². The molecule has 4 rings (SSSR count). The number of tetrazole rings is 1. The number of para-hydroxylation sites is 1. The molecule has 0 bridgehead atoms. The fourth-order valence-electron chi connectivity index (χ4n) is 3.28. The van der Waals surface area contributed by atoms with Gasteiger partial charge < -0.3 is 9.64 Å². The van der Waals surface area contributed by atoms with E-state index in [1.54, 1.807) is 7.11 Å². The van der Waals surface area contributed by atoms with Crippen LogP contribution in [0, 0.1) is 0 Å². The number of nitrogens with zero attached hydrogens (tertiary/aromatic N) is 5. The van der Waals surface area contributed by atoms with Gasteiger partial charge in [0, 0.05) is 6.54 Å². The number of aromatic nitrogens is 4. The molecule has 0 N–H and O–H groups in total. The summed E-state index contributed by atoms with van der Waals surface area (Å²) in [6.45, 7) is 0.948. The quantitative estimate of drug-likeness (QED) is 0.739. The molecule has 1 fully saturated rings. The predicted octanol–water partition coefficient (Wildman–Crippen LogP) is 3.01. The first kappa shape index (κ1) is 14.7. The smallest absolute Gasteiger partial charge is 0.250 e. The number of benzene rings is 2. The molecular weight excluding hydrogens is 302 g/mol. The molecule has 1 aliphatic heterocycles. The van der Waals surface area contributed by atoms with Crippen molar-refractivity contribution < 1.29 is 4.74 Å². The maximum absolute atomic E-state index is 5.26. The molecule has 1 aromatic heterocycles. The molecule has 0 aliphatic carbocycles. The minimum absolute atomic E-state index is 0.282. The van der Waals surface area contributed by atoms with Crippen molar-refractivity contribution in [1.82, 2.24) is 20.2 Å². The molecule has 1 aliphatic rings. The lowest BCUT2D eigenvalue weighted by atomic mass is 10.0.